The van der Waals surface area contributed by atoms with Gasteiger partial charge in [-0.25, -0.2) is 15.0 Å². The highest BCUT2D eigenvalue weighted by Crippen LogP contribution is 2.44. The molecule has 0 saturated heterocycles. The summed E-state index contributed by atoms with van der Waals surface area (Å²) >= 11 is 0. The van der Waals surface area contributed by atoms with Gasteiger partial charge < -0.3 is 20.7 Å². The number of hydrogen-bond acceptors (Lipinski definition) is 7. The Morgan fingerprint density at radius 3 is 2.93 bits per heavy atom. The second-order valence-electron chi connectivity index (χ2n) is 7.37. The van der Waals surface area contributed by atoms with E-state index < -0.39 is 0 Å². The summed E-state index contributed by atoms with van der Waals surface area (Å²) in [7, 11) is 1.64. The molecule has 2 aromatic rings. The first-order chi connectivity index (χ1) is 14.6. The smallest absolute Gasteiger partial charge is 0.265 e. The highest BCUT2D eigenvalue weighted by molar-refractivity contribution is 6.38. The van der Waals surface area contributed by atoms with Crippen LogP contribution in [-0.2, 0) is 9.53 Å². The lowest BCUT2D eigenvalue weighted by molar-refractivity contribution is -0.114. The highest BCUT2D eigenvalue weighted by atomic mass is 16.5. The third kappa shape index (κ3) is 4.83. The summed E-state index contributed by atoms with van der Waals surface area (Å²) in [6.45, 7) is 6.13. The lowest BCUT2D eigenvalue weighted by Gasteiger charge is -2.21. The summed E-state index contributed by atoms with van der Waals surface area (Å²) in [5, 5.41) is 2.87. The van der Waals surface area contributed by atoms with E-state index in [2.05, 4.69) is 37.3 Å². The maximum atomic E-state index is 12.4. The van der Waals surface area contributed by atoms with Gasteiger partial charge in [0.1, 0.15) is 17.7 Å². The van der Waals surface area contributed by atoms with Crippen LogP contribution in [0.5, 0.6) is 0 Å². The molecule has 1 aromatic carbocycles. The van der Waals surface area contributed by atoms with Gasteiger partial charge in [-0.05, 0) is 44.9 Å². The van der Waals surface area contributed by atoms with Crippen molar-refractivity contribution in [3.05, 3.63) is 41.9 Å². The van der Waals surface area contributed by atoms with E-state index in [1.54, 1.807) is 20.4 Å². The van der Waals surface area contributed by atoms with Gasteiger partial charge in [-0.1, -0.05) is 18.2 Å². The van der Waals surface area contributed by atoms with Crippen LogP contribution in [0.25, 0.3) is 0 Å². The standard InChI is InChI=1S/C22H30N6O2/c1-15-20(27-16(2)22(29)24-11-6-12-30-3)21(26-14-25-15)28-13-17(9-10-23)18-7-4-5-8-19(18)28/h4-5,7-8,14,17H,6,9-13,23H2,1-3H3,(H,24,29)/b27-16+. The van der Waals surface area contributed by atoms with Crippen molar-refractivity contribution in [3.8, 4) is 0 Å². The van der Waals surface area contributed by atoms with Crippen LogP contribution in [0.4, 0.5) is 17.2 Å². The Hall–Kier alpha value is -2.84. The zero-order valence-corrected chi connectivity index (χ0v) is 17.9. The number of anilines is 2. The van der Waals surface area contributed by atoms with E-state index in [0.717, 1.165) is 30.8 Å². The molecule has 1 unspecified atom stereocenters. The Kier molecular flexibility index (Phi) is 7.48. The van der Waals surface area contributed by atoms with E-state index in [1.807, 2.05) is 19.1 Å². The largest absolute Gasteiger partial charge is 0.385 e. The summed E-state index contributed by atoms with van der Waals surface area (Å²) in [5.41, 5.74) is 9.93. The number of benzene rings is 1. The first-order valence-corrected chi connectivity index (χ1v) is 10.3. The van der Waals surface area contributed by atoms with Gasteiger partial charge >= 0.3 is 0 Å². The summed E-state index contributed by atoms with van der Waals surface area (Å²) in [5.74, 6) is 0.840. The molecule has 8 heteroatoms. The van der Waals surface area contributed by atoms with Crippen LogP contribution in [0, 0.1) is 6.92 Å². The average Bonchev–Trinajstić information content (AvgIpc) is 3.11. The lowest BCUT2D eigenvalue weighted by atomic mass is 9.98. The van der Waals surface area contributed by atoms with Crippen LogP contribution in [0.2, 0.25) is 0 Å². The number of methoxy groups -OCH3 is 1. The summed E-state index contributed by atoms with van der Waals surface area (Å²) in [6.07, 6.45) is 3.20. The molecule has 160 valence electrons. The van der Waals surface area contributed by atoms with Crippen molar-refractivity contribution in [2.75, 3.05) is 38.3 Å². The maximum absolute atomic E-state index is 12.4. The summed E-state index contributed by atoms with van der Waals surface area (Å²) in [4.78, 5) is 28.1. The number of rotatable bonds is 9. The minimum absolute atomic E-state index is 0.205. The Labute approximate surface area is 177 Å². The molecule has 30 heavy (non-hydrogen) atoms. The van der Waals surface area contributed by atoms with Crippen LogP contribution in [-0.4, -0.2) is 54.9 Å². The number of nitrogens with one attached hydrogen (secondary N) is 1. The fraction of sp³-hybridized carbons (Fsp3) is 0.455. The Bertz CT molecular complexity index is 914. The van der Waals surface area contributed by atoms with Gasteiger partial charge in [0.2, 0.25) is 0 Å². The van der Waals surface area contributed by atoms with Crippen molar-refractivity contribution in [1.29, 1.82) is 0 Å². The predicted molar refractivity (Wildman–Crippen MR) is 119 cm³/mol. The summed E-state index contributed by atoms with van der Waals surface area (Å²) < 4.78 is 5.01. The van der Waals surface area contributed by atoms with Gasteiger partial charge in [-0.3, -0.25) is 4.79 Å². The minimum atomic E-state index is -0.205. The van der Waals surface area contributed by atoms with Gasteiger partial charge in [0.15, 0.2) is 5.82 Å². The fourth-order valence-corrected chi connectivity index (χ4v) is 3.69. The molecule has 1 amide bonds. The molecule has 2 heterocycles. The zero-order valence-electron chi connectivity index (χ0n) is 17.9. The van der Waals surface area contributed by atoms with E-state index in [9.17, 15) is 4.79 Å². The van der Waals surface area contributed by atoms with Crippen molar-refractivity contribution in [2.45, 2.75) is 32.6 Å². The molecule has 1 aliphatic heterocycles. The second-order valence-corrected chi connectivity index (χ2v) is 7.37. The number of fused-ring (bicyclic) bond motifs is 1. The third-order valence-corrected chi connectivity index (χ3v) is 5.25. The van der Waals surface area contributed by atoms with Gasteiger partial charge in [-0.15, -0.1) is 0 Å². The third-order valence-electron chi connectivity index (χ3n) is 5.25. The number of carbonyl (C=O) groups is 1. The summed E-state index contributed by atoms with van der Waals surface area (Å²) in [6, 6.07) is 8.30. The number of aromatic nitrogens is 2. The molecule has 1 atom stereocenters. The molecule has 1 aliphatic rings. The van der Waals surface area contributed by atoms with Crippen LogP contribution < -0.4 is 16.0 Å². The molecule has 1 aromatic heterocycles. The first kappa shape index (κ1) is 21.9. The van der Waals surface area contributed by atoms with Crippen molar-refractivity contribution >= 4 is 28.8 Å². The molecule has 8 nitrogen and oxygen atoms in total. The topological polar surface area (TPSA) is 106 Å². The lowest BCUT2D eigenvalue weighted by Crippen LogP contribution is -2.30. The highest BCUT2D eigenvalue weighted by Gasteiger charge is 2.31. The van der Waals surface area contributed by atoms with Crippen LogP contribution >= 0.6 is 0 Å². The molecule has 0 saturated carbocycles. The first-order valence-electron chi connectivity index (χ1n) is 10.3. The molecule has 0 bridgehead atoms. The Balaban J connectivity index is 1.90. The van der Waals surface area contributed by atoms with Crippen LogP contribution in [0.15, 0.2) is 35.6 Å². The molecule has 0 fully saturated rings. The molecule has 0 aliphatic carbocycles. The van der Waals surface area contributed by atoms with Crippen molar-refractivity contribution in [3.63, 3.8) is 0 Å². The second kappa shape index (κ2) is 10.3. The van der Waals surface area contributed by atoms with Crippen LogP contribution in [0.3, 0.4) is 0 Å². The molecular formula is C22H30N6O2. The Morgan fingerprint density at radius 1 is 1.37 bits per heavy atom. The number of ether oxygens (including phenoxy) is 1. The molecule has 3 N–H and O–H groups in total. The monoisotopic (exact) mass is 410 g/mol. The molecule has 3 rings (SSSR count). The number of para-hydroxylation sites is 1. The number of carbonyl (C=O) groups excluding carboxylic acids is 1. The van der Waals surface area contributed by atoms with E-state index in [1.165, 1.54) is 5.56 Å². The van der Waals surface area contributed by atoms with Crippen LogP contribution in [0.1, 0.15) is 36.9 Å². The quantitative estimate of drug-likeness (QED) is 0.486. The number of nitrogens with two attached hydrogens (primary N) is 1. The minimum Gasteiger partial charge on any atom is -0.385 e. The van der Waals surface area contributed by atoms with E-state index in [0.29, 0.717) is 42.8 Å². The number of amides is 1. The van der Waals surface area contributed by atoms with Gasteiger partial charge in [-0.2, -0.15) is 0 Å². The van der Waals surface area contributed by atoms with E-state index in [4.69, 9.17) is 10.5 Å². The number of nitrogens with zero attached hydrogens (tertiary/aromatic N) is 4. The number of hydrogen-bond donors (Lipinski definition) is 2. The van der Waals surface area contributed by atoms with Crippen molar-refractivity contribution in [1.82, 2.24) is 15.3 Å². The fourth-order valence-electron chi connectivity index (χ4n) is 3.69. The molecule has 0 spiro atoms. The Morgan fingerprint density at radius 2 is 2.17 bits per heavy atom. The number of aliphatic imine (C=N–C) groups is 1. The van der Waals surface area contributed by atoms with Crippen molar-refractivity contribution < 1.29 is 9.53 Å². The van der Waals surface area contributed by atoms with E-state index >= 15 is 0 Å². The molecule has 0 radical (unpaired) electrons. The number of aryl methyl sites for hydroxylation is 1. The zero-order chi connectivity index (χ0) is 21.5. The average molecular weight is 411 g/mol. The van der Waals surface area contributed by atoms with Gasteiger partial charge in [0.25, 0.3) is 5.91 Å². The van der Waals surface area contributed by atoms with Gasteiger partial charge in [0, 0.05) is 38.4 Å². The van der Waals surface area contributed by atoms with Crippen molar-refractivity contribution in [2.24, 2.45) is 10.7 Å². The normalized spacial score (nSPS) is 15.9. The van der Waals surface area contributed by atoms with Gasteiger partial charge in [0.05, 0.1) is 5.69 Å². The van der Waals surface area contributed by atoms with E-state index in [-0.39, 0.29) is 5.91 Å². The molecular weight excluding hydrogens is 380 g/mol. The predicted octanol–water partition coefficient (Wildman–Crippen LogP) is 2.61. The maximum Gasteiger partial charge on any atom is 0.265 e. The SMILES string of the molecule is COCCCNC(=O)/C(C)=N/c1c(C)ncnc1N1CC(CCN)c2ccccc21.